The molecule has 0 unspecified atom stereocenters. The third kappa shape index (κ3) is 7.53. The minimum Gasteiger partial charge on any atom is -0.494 e. The summed E-state index contributed by atoms with van der Waals surface area (Å²) >= 11 is 0. The summed E-state index contributed by atoms with van der Waals surface area (Å²) in [6, 6.07) is 19.3. The third-order valence-electron chi connectivity index (χ3n) is 5.53. The minimum atomic E-state index is 0.539. The van der Waals surface area contributed by atoms with Crippen LogP contribution in [0, 0.1) is 17.2 Å². The summed E-state index contributed by atoms with van der Waals surface area (Å²) in [6.07, 6.45) is 3.95. The van der Waals surface area contributed by atoms with E-state index in [1.54, 1.807) is 0 Å². The number of piperidine rings is 1. The summed E-state index contributed by atoms with van der Waals surface area (Å²) in [5.41, 5.74) is 3.95. The van der Waals surface area contributed by atoms with E-state index in [4.69, 9.17) is 10.00 Å². The molecule has 0 atom stereocenters. The van der Waals surface area contributed by atoms with Crippen LogP contribution >= 0.6 is 0 Å². The first-order chi connectivity index (χ1) is 14.2. The van der Waals surface area contributed by atoms with Crippen molar-refractivity contribution >= 4 is 0 Å². The van der Waals surface area contributed by atoms with Crippen LogP contribution in [0.1, 0.15) is 49.3 Å². The van der Waals surface area contributed by atoms with Gasteiger partial charge in [0.25, 0.3) is 0 Å². The van der Waals surface area contributed by atoms with Crippen molar-refractivity contribution in [1.29, 1.82) is 5.26 Å². The molecule has 0 aliphatic carbocycles. The predicted octanol–water partition coefficient (Wildman–Crippen LogP) is 4.89. The van der Waals surface area contributed by atoms with Crippen molar-refractivity contribution in [3.63, 3.8) is 0 Å². The molecule has 1 fully saturated rings. The molecule has 1 saturated heterocycles. The Labute approximate surface area is 175 Å². The highest BCUT2D eigenvalue weighted by molar-refractivity contribution is 5.29. The van der Waals surface area contributed by atoms with Gasteiger partial charge in [-0.25, -0.2) is 0 Å². The first kappa shape index (κ1) is 21.4. The van der Waals surface area contributed by atoms with Gasteiger partial charge in [0, 0.05) is 26.1 Å². The van der Waals surface area contributed by atoms with Crippen molar-refractivity contribution in [2.24, 2.45) is 5.92 Å². The maximum absolute atomic E-state index is 8.59. The highest BCUT2D eigenvalue weighted by atomic mass is 16.5. The fourth-order valence-corrected chi connectivity index (χ4v) is 3.75. The van der Waals surface area contributed by atoms with Gasteiger partial charge in [-0.05, 0) is 67.1 Å². The number of hydrogen-bond donors (Lipinski definition) is 1. The van der Waals surface area contributed by atoms with Crippen LogP contribution in [0.25, 0.3) is 0 Å². The summed E-state index contributed by atoms with van der Waals surface area (Å²) in [6.45, 7) is 8.12. The first-order valence-corrected chi connectivity index (χ1v) is 10.8. The molecule has 0 amide bonds. The van der Waals surface area contributed by atoms with Crippen LogP contribution in [-0.2, 0) is 19.6 Å². The van der Waals surface area contributed by atoms with Crippen molar-refractivity contribution in [1.82, 2.24) is 10.2 Å². The molecule has 3 rings (SSSR count). The van der Waals surface area contributed by atoms with Crippen LogP contribution < -0.4 is 10.1 Å². The monoisotopic (exact) mass is 391 g/mol. The quantitative estimate of drug-likeness (QED) is 0.586. The van der Waals surface area contributed by atoms with Crippen molar-refractivity contribution in [3.8, 4) is 11.8 Å². The third-order valence-corrected chi connectivity index (χ3v) is 5.53. The fraction of sp³-hybridized carbons (Fsp3) is 0.480. The highest BCUT2D eigenvalue weighted by Gasteiger charge is 2.15. The predicted molar refractivity (Wildman–Crippen MR) is 117 cm³/mol. The largest absolute Gasteiger partial charge is 0.494 e. The number of nitriles is 1. The van der Waals surface area contributed by atoms with Crippen LogP contribution in [0.5, 0.6) is 5.75 Å². The van der Waals surface area contributed by atoms with E-state index in [0.29, 0.717) is 13.0 Å². The van der Waals surface area contributed by atoms with E-state index < -0.39 is 0 Å². The molecular formula is C25H33N3O. The maximum atomic E-state index is 8.59. The Kier molecular flexibility index (Phi) is 8.55. The minimum absolute atomic E-state index is 0.539. The second kappa shape index (κ2) is 11.6. The molecule has 1 aliphatic rings. The molecular weight excluding hydrogens is 358 g/mol. The van der Waals surface area contributed by atoms with Crippen molar-refractivity contribution < 1.29 is 4.74 Å². The van der Waals surface area contributed by atoms with Crippen molar-refractivity contribution in [2.75, 3.05) is 19.7 Å². The Morgan fingerprint density at radius 2 is 1.72 bits per heavy atom. The first-order valence-electron chi connectivity index (χ1n) is 10.8. The lowest BCUT2D eigenvalue weighted by molar-refractivity contribution is 0.185. The molecule has 154 valence electrons. The maximum Gasteiger partial charge on any atom is 0.119 e. The molecule has 0 spiro atoms. The molecule has 1 N–H and O–H groups in total. The van der Waals surface area contributed by atoms with E-state index in [9.17, 15) is 0 Å². The second-order valence-electron chi connectivity index (χ2n) is 8.14. The molecule has 29 heavy (non-hydrogen) atoms. The summed E-state index contributed by atoms with van der Waals surface area (Å²) < 4.78 is 5.72. The normalized spacial score (nSPS) is 15.2. The number of nitrogens with zero attached hydrogens (tertiary/aromatic N) is 2. The van der Waals surface area contributed by atoms with Crippen LogP contribution in [0.15, 0.2) is 48.5 Å². The number of rotatable bonds is 10. The van der Waals surface area contributed by atoms with Gasteiger partial charge in [-0.15, -0.1) is 0 Å². The Hall–Kier alpha value is -2.35. The van der Waals surface area contributed by atoms with Gasteiger partial charge < -0.3 is 10.1 Å². The summed E-state index contributed by atoms with van der Waals surface area (Å²) in [7, 11) is 0. The van der Waals surface area contributed by atoms with E-state index in [1.165, 1.54) is 42.6 Å². The number of benzene rings is 2. The number of unbranched alkanes of at least 4 members (excludes halogenated alkanes) is 1. The molecule has 4 heteroatoms. The van der Waals surface area contributed by atoms with E-state index >= 15 is 0 Å². The van der Waals surface area contributed by atoms with Crippen LogP contribution in [0.4, 0.5) is 0 Å². The van der Waals surface area contributed by atoms with Gasteiger partial charge in [0.05, 0.1) is 12.7 Å². The van der Waals surface area contributed by atoms with E-state index in [2.05, 4.69) is 59.6 Å². The molecule has 0 saturated carbocycles. The van der Waals surface area contributed by atoms with Gasteiger partial charge in [0.1, 0.15) is 5.75 Å². The van der Waals surface area contributed by atoms with Gasteiger partial charge in [-0.2, -0.15) is 5.26 Å². The van der Waals surface area contributed by atoms with Crippen LogP contribution in [0.3, 0.4) is 0 Å². The lowest BCUT2D eigenvalue weighted by Crippen LogP contribution is -2.32. The van der Waals surface area contributed by atoms with Crippen molar-refractivity contribution in [3.05, 3.63) is 65.2 Å². The topological polar surface area (TPSA) is 48.3 Å². The average Bonchev–Trinajstić information content (AvgIpc) is 2.74. The van der Waals surface area contributed by atoms with E-state index in [0.717, 1.165) is 37.7 Å². The van der Waals surface area contributed by atoms with Crippen molar-refractivity contribution in [2.45, 2.75) is 52.2 Å². The molecule has 2 aromatic rings. The van der Waals surface area contributed by atoms with Gasteiger partial charge in [0.15, 0.2) is 0 Å². The molecule has 0 aromatic heterocycles. The smallest absolute Gasteiger partial charge is 0.119 e. The van der Waals surface area contributed by atoms with E-state index in [-0.39, 0.29) is 0 Å². The standard InChI is InChI=1S/C25H33N3O/c1-21-10-13-28(14-11-21)20-24-8-4-6-22(16-24)18-27-19-23-7-5-9-25(17-23)29-15-3-2-12-26/h4-9,16-17,21,27H,2-3,10-11,13-15,18-20H2,1H3. The van der Waals surface area contributed by atoms with Gasteiger partial charge in [-0.1, -0.05) is 43.3 Å². The van der Waals surface area contributed by atoms with Crippen LogP contribution in [0.2, 0.25) is 0 Å². The molecule has 2 aromatic carbocycles. The zero-order valence-corrected chi connectivity index (χ0v) is 17.6. The number of likely N-dealkylation sites (tertiary alicyclic amines) is 1. The summed E-state index contributed by atoms with van der Waals surface area (Å²) in [4.78, 5) is 2.58. The highest BCUT2D eigenvalue weighted by Crippen LogP contribution is 2.19. The Balaban J connectivity index is 1.44. The lowest BCUT2D eigenvalue weighted by atomic mass is 9.98. The molecule has 1 aliphatic heterocycles. The van der Waals surface area contributed by atoms with Gasteiger partial charge in [-0.3, -0.25) is 4.90 Å². The zero-order valence-electron chi connectivity index (χ0n) is 17.6. The molecule has 1 heterocycles. The number of nitrogens with one attached hydrogen (secondary N) is 1. The second-order valence-corrected chi connectivity index (χ2v) is 8.14. The molecule has 0 bridgehead atoms. The summed E-state index contributed by atoms with van der Waals surface area (Å²) in [5, 5.41) is 12.1. The molecule has 4 nitrogen and oxygen atoms in total. The fourth-order valence-electron chi connectivity index (χ4n) is 3.75. The van der Waals surface area contributed by atoms with Crippen LogP contribution in [-0.4, -0.2) is 24.6 Å². The van der Waals surface area contributed by atoms with E-state index in [1.807, 2.05) is 12.1 Å². The van der Waals surface area contributed by atoms with Gasteiger partial charge >= 0.3 is 0 Å². The average molecular weight is 392 g/mol. The SMILES string of the molecule is CC1CCN(Cc2cccc(CNCc3cccc(OCCCC#N)c3)c2)CC1. The lowest BCUT2D eigenvalue weighted by Gasteiger charge is -2.30. The zero-order chi connectivity index (χ0) is 20.3. The molecule has 0 radical (unpaired) electrons. The number of ether oxygens (including phenoxy) is 1. The summed E-state index contributed by atoms with van der Waals surface area (Å²) in [5.74, 6) is 1.75. The Morgan fingerprint density at radius 1 is 1.03 bits per heavy atom. The van der Waals surface area contributed by atoms with Gasteiger partial charge in [0.2, 0.25) is 0 Å². The Morgan fingerprint density at radius 3 is 2.48 bits per heavy atom. The number of hydrogen-bond acceptors (Lipinski definition) is 4. The Bertz CT molecular complexity index is 791.